The molecule has 4 nitrogen and oxygen atoms in total. The van der Waals surface area contributed by atoms with E-state index in [9.17, 15) is 0 Å². The molecule has 1 aromatic heterocycles. The van der Waals surface area contributed by atoms with Crippen LogP contribution in [0, 0.1) is 17.2 Å². The lowest BCUT2D eigenvalue weighted by molar-refractivity contribution is 0.353. The van der Waals surface area contributed by atoms with Crippen molar-refractivity contribution in [3.05, 3.63) is 22.3 Å². The molecule has 1 saturated heterocycles. The lowest BCUT2D eigenvalue weighted by Gasteiger charge is -2.34. The Morgan fingerprint density at radius 2 is 2.22 bits per heavy atom. The SMILES string of the molecule is CC(N)C1CCN(c2ncc(Br)cc2C#N)CC1. The third-order valence-corrected chi connectivity index (χ3v) is 3.97. The Balaban J connectivity index is 2.13. The maximum absolute atomic E-state index is 9.16. The third kappa shape index (κ3) is 2.82. The average molecular weight is 309 g/mol. The van der Waals surface area contributed by atoms with E-state index in [1.807, 2.05) is 6.07 Å². The van der Waals surface area contributed by atoms with Crippen LogP contribution in [-0.2, 0) is 0 Å². The molecule has 0 bridgehead atoms. The highest BCUT2D eigenvalue weighted by Gasteiger charge is 2.24. The fourth-order valence-electron chi connectivity index (χ4n) is 2.40. The molecule has 0 radical (unpaired) electrons. The van der Waals surface area contributed by atoms with Gasteiger partial charge in [-0.25, -0.2) is 4.98 Å². The second-order valence-corrected chi connectivity index (χ2v) is 5.74. The van der Waals surface area contributed by atoms with Crippen molar-refractivity contribution in [2.75, 3.05) is 18.0 Å². The fourth-order valence-corrected chi connectivity index (χ4v) is 2.73. The van der Waals surface area contributed by atoms with Gasteiger partial charge in [-0.05, 0) is 47.7 Å². The van der Waals surface area contributed by atoms with Gasteiger partial charge in [0.05, 0.1) is 5.56 Å². The van der Waals surface area contributed by atoms with Crippen molar-refractivity contribution in [1.82, 2.24) is 4.98 Å². The molecule has 0 aromatic carbocycles. The van der Waals surface area contributed by atoms with E-state index in [-0.39, 0.29) is 6.04 Å². The highest BCUT2D eigenvalue weighted by atomic mass is 79.9. The Morgan fingerprint density at radius 1 is 1.56 bits per heavy atom. The molecule has 96 valence electrons. The first-order valence-corrected chi connectivity index (χ1v) is 6.97. The molecule has 0 aliphatic carbocycles. The lowest BCUT2D eigenvalue weighted by Crippen LogP contribution is -2.40. The molecule has 1 atom stereocenters. The molecule has 5 heteroatoms. The van der Waals surface area contributed by atoms with Crippen molar-refractivity contribution in [3.8, 4) is 6.07 Å². The van der Waals surface area contributed by atoms with E-state index in [2.05, 4.69) is 38.8 Å². The zero-order valence-corrected chi connectivity index (χ0v) is 12.0. The van der Waals surface area contributed by atoms with E-state index in [0.717, 1.165) is 36.2 Å². The third-order valence-electron chi connectivity index (χ3n) is 3.54. The first kappa shape index (κ1) is 13.3. The summed E-state index contributed by atoms with van der Waals surface area (Å²) in [5.41, 5.74) is 6.56. The van der Waals surface area contributed by atoms with Crippen molar-refractivity contribution in [1.29, 1.82) is 5.26 Å². The molecule has 1 aliphatic heterocycles. The summed E-state index contributed by atoms with van der Waals surface area (Å²) in [6.45, 7) is 3.92. The maximum atomic E-state index is 9.16. The van der Waals surface area contributed by atoms with E-state index in [4.69, 9.17) is 11.0 Å². The molecule has 1 unspecified atom stereocenters. The van der Waals surface area contributed by atoms with Crippen LogP contribution in [0.15, 0.2) is 16.7 Å². The fraction of sp³-hybridized carbons (Fsp3) is 0.538. The van der Waals surface area contributed by atoms with Crippen LogP contribution >= 0.6 is 15.9 Å². The molecular weight excluding hydrogens is 292 g/mol. The van der Waals surface area contributed by atoms with Crippen LogP contribution in [0.4, 0.5) is 5.82 Å². The predicted octanol–water partition coefficient (Wildman–Crippen LogP) is 2.28. The molecule has 0 saturated carbocycles. The van der Waals surface area contributed by atoms with Crippen LogP contribution in [0.3, 0.4) is 0 Å². The second kappa shape index (κ2) is 5.68. The van der Waals surface area contributed by atoms with Gasteiger partial charge in [-0.15, -0.1) is 0 Å². The van der Waals surface area contributed by atoms with Gasteiger partial charge in [0.1, 0.15) is 11.9 Å². The minimum atomic E-state index is 0.250. The summed E-state index contributed by atoms with van der Waals surface area (Å²) in [5.74, 6) is 1.38. The zero-order valence-electron chi connectivity index (χ0n) is 10.4. The standard InChI is InChI=1S/C13H17BrN4/c1-9(16)10-2-4-18(5-3-10)13-11(7-15)6-12(14)8-17-13/h6,8-10H,2-5,16H2,1H3. The summed E-state index contributed by atoms with van der Waals surface area (Å²) in [4.78, 5) is 6.55. The van der Waals surface area contributed by atoms with Gasteiger partial charge in [-0.1, -0.05) is 0 Å². The van der Waals surface area contributed by atoms with Crippen LogP contribution in [0.2, 0.25) is 0 Å². The van der Waals surface area contributed by atoms with Crippen LogP contribution < -0.4 is 10.6 Å². The van der Waals surface area contributed by atoms with Crippen molar-refractivity contribution in [2.24, 2.45) is 11.7 Å². The Labute approximate surface area is 116 Å². The predicted molar refractivity (Wildman–Crippen MR) is 75.2 cm³/mol. The quantitative estimate of drug-likeness (QED) is 0.910. The van der Waals surface area contributed by atoms with Crippen LogP contribution in [0.1, 0.15) is 25.3 Å². The van der Waals surface area contributed by atoms with Gasteiger partial charge in [0.25, 0.3) is 0 Å². The normalized spacial score (nSPS) is 18.4. The minimum absolute atomic E-state index is 0.250. The van der Waals surface area contributed by atoms with Crippen LogP contribution in [0.5, 0.6) is 0 Å². The van der Waals surface area contributed by atoms with Crippen LogP contribution in [0.25, 0.3) is 0 Å². The highest BCUT2D eigenvalue weighted by molar-refractivity contribution is 9.10. The number of anilines is 1. The topological polar surface area (TPSA) is 65.9 Å². The molecule has 1 aromatic rings. The van der Waals surface area contributed by atoms with Crippen molar-refractivity contribution >= 4 is 21.7 Å². The summed E-state index contributed by atoms with van der Waals surface area (Å²) < 4.78 is 0.841. The first-order valence-electron chi connectivity index (χ1n) is 6.18. The number of rotatable bonds is 2. The zero-order chi connectivity index (χ0) is 13.1. The van der Waals surface area contributed by atoms with Crippen molar-refractivity contribution in [3.63, 3.8) is 0 Å². The Bertz CT molecular complexity index is 459. The monoisotopic (exact) mass is 308 g/mol. The molecule has 0 amide bonds. The largest absolute Gasteiger partial charge is 0.356 e. The Kier molecular flexibility index (Phi) is 4.20. The Morgan fingerprint density at radius 3 is 2.78 bits per heavy atom. The first-order chi connectivity index (χ1) is 8.61. The molecule has 18 heavy (non-hydrogen) atoms. The van der Waals surface area contributed by atoms with Gasteiger partial charge in [0, 0.05) is 29.8 Å². The van der Waals surface area contributed by atoms with Crippen molar-refractivity contribution < 1.29 is 0 Å². The number of nitriles is 1. The second-order valence-electron chi connectivity index (χ2n) is 4.82. The molecule has 1 fully saturated rings. The van der Waals surface area contributed by atoms with E-state index in [1.165, 1.54) is 0 Å². The molecule has 0 spiro atoms. The van der Waals surface area contributed by atoms with E-state index >= 15 is 0 Å². The lowest BCUT2D eigenvalue weighted by atomic mass is 9.91. The number of piperidine rings is 1. The van der Waals surface area contributed by atoms with Gasteiger partial charge in [-0.3, -0.25) is 0 Å². The Hall–Kier alpha value is -1.12. The van der Waals surface area contributed by atoms with E-state index in [0.29, 0.717) is 11.5 Å². The molecular formula is C13H17BrN4. The number of aromatic nitrogens is 1. The summed E-state index contributed by atoms with van der Waals surface area (Å²) in [7, 11) is 0. The van der Waals surface area contributed by atoms with Crippen LogP contribution in [-0.4, -0.2) is 24.1 Å². The number of nitrogens with two attached hydrogens (primary N) is 1. The molecule has 1 aliphatic rings. The average Bonchev–Trinajstić information content (AvgIpc) is 2.38. The number of halogens is 1. The number of nitrogens with zero attached hydrogens (tertiary/aromatic N) is 3. The van der Waals surface area contributed by atoms with E-state index < -0.39 is 0 Å². The number of hydrogen-bond acceptors (Lipinski definition) is 4. The minimum Gasteiger partial charge on any atom is -0.356 e. The summed E-state index contributed by atoms with van der Waals surface area (Å²) >= 11 is 3.34. The van der Waals surface area contributed by atoms with Gasteiger partial charge in [0.15, 0.2) is 0 Å². The smallest absolute Gasteiger partial charge is 0.146 e. The van der Waals surface area contributed by atoms with Gasteiger partial charge < -0.3 is 10.6 Å². The van der Waals surface area contributed by atoms with Crippen molar-refractivity contribution in [2.45, 2.75) is 25.8 Å². The summed E-state index contributed by atoms with van der Waals surface area (Å²) in [5, 5.41) is 9.16. The molecule has 2 rings (SSSR count). The molecule has 2 N–H and O–H groups in total. The number of pyridine rings is 1. The summed E-state index contributed by atoms with van der Waals surface area (Å²) in [6, 6.07) is 4.28. The highest BCUT2D eigenvalue weighted by Crippen LogP contribution is 2.26. The summed E-state index contributed by atoms with van der Waals surface area (Å²) in [6.07, 6.45) is 3.88. The van der Waals surface area contributed by atoms with Gasteiger partial charge in [-0.2, -0.15) is 5.26 Å². The van der Waals surface area contributed by atoms with Gasteiger partial charge >= 0.3 is 0 Å². The maximum Gasteiger partial charge on any atom is 0.146 e. The number of hydrogen-bond donors (Lipinski definition) is 1. The van der Waals surface area contributed by atoms with E-state index in [1.54, 1.807) is 6.20 Å². The molecule has 2 heterocycles. The van der Waals surface area contributed by atoms with Gasteiger partial charge in [0.2, 0.25) is 0 Å².